The maximum atomic E-state index is 12.2. The minimum Gasteiger partial charge on any atom is -0.469 e. The average molecular weight is 289 g/mol. The standard InChI is InChI=1S/C13H21F2N3O2/c1-20-13(19)3-2-10-6-11(17-7-12(14)15)9-18(8-10)5-4-16/h10-12,17H,2-3,5-9H2,1H3. The van der Waals surface area contributed by atoms with Crippen molar-refractivity contribution in [3.8, 4) is 6.07 Å². The molecule has 0 radical (unpaired) electrons. The van der Waals surface area contributed by atoms with Crippen molar-refractivity contribution in [1.29, 1.82) is 5.26 Å². The number of nitrogens with one attached hydrogen (secondary N) is 1. The molecule has 114 valence electrons. The second kappa shape index (κ2) is 8.82. The van der Waals surface area contributed by atoms with Gasteiger partial charge in [0, 0.05) is 25.6 Å². The summed E-state index contributed by atoms with van der Waals surface area (Å²) in [6.45, 7) is 1.25. The summed E-state index contributed by atoms with van der Waals surface area (Å²) in [7, 11) is 1.35. The molecular weight excluding hydrogens is 268 g/mol. The predicted molar refractivity (Wildman–Crippen MR) is 69.2 cm³/mol. The molecule has 0 spiro atoms. The maximum Gasteiger partial charge on any atom is 0.305 e. The van der Waals surface area contributed by atoms with Crippen LogP contribution in [-0.2, 0) is 9.53 Å². The van der Waals surface area contributed by atoms with Crippen LogP contribution in [0.5, 0.6) is 0 Å². The highest BCUT2D eigenvalue weighted by molar-refractivity contribution is 5.69. The Bertz CT molecular complexity index is 347. The zero-order chi connectivity index (χ0) is 15.0. The summed E-state index contributed by atoms with van der Waals surface area (Å²) in [6.07, 6.45) is -0.661. The van der Waals surface area contributed by atoms with Crippen LogP contribution >= 0.6 is 0 Å². The van der Waals surface area contributed by atoms with Crippen LogP contribution in [-0.4, -0.2) is 56.6 Å². The Morgan fingerprint density at radius 1 is 1.55 bits per heavy atom. The van der Waals surface area contributed by atoms with Gasteiger partial charge in [0.2, 0.25) is 0 Å². The smallest absolute Gasteiger partial charge is 0.305 e. The van der Waals surface area contributed by atoms with E-state index in [2.05, 4.69) is 16.1 Å². The SMILES string of the molecule is COC(=O)CCC1CC(NCC(F)F)CN(CC#N)C1. The van der Waals surface area contributed by atoms with Crippen LogP contribution < -0.4 is 5.32 Å². The van der Waals surface area contributed by atoms with Gasteiger partial charge in [-0.15, -0.1) is 0 Å². The van der Waals surface area contributed by atoms with E-state index in [4.69, 9.17) is 5.26 Å². The third-order valence-electron chi connectivity index (χ3n) is 3.45. The van der Waals surface area contributed by atoms with Gasteiger partial charge in [-0.3, -0.25) is 9.69 Å². The van der Waals surface area contributed by atoms with Gasteiger partial charge in [-0.25, -0.2) is 8.78 Å². The van der Waals surface area contributed by atoms with E-state index >= 15 is 0 Å². The highest BCUT2D eigenvalue weighted by atomic mass is 19.3. The topological polar surface area (TPSA) is 65.4 Å². The molecule has 2 unspecified atom stereocenters. The summed E-state index contributed by atoms with van der Waals surface area (Å²) < 4.78 is 29.1. The number of likely N-dealkylation sites (tertiary alicyclic amines) is 1. The van der Waals surface area contributed by atoms with Gasteiger partial charge in [0.15, 0.2) is 0 Å². The number of piperidine rings is 1. The Balaban J connectivity index is 2.47. The van der Waals surface area contributed by atoms with E-state index in [1.54, 1.807) is 0 Å². The van der Waals surface area contributed by atoms with E-state index in [9.17, 15) is 13.6 Å². The number of alkyl halides is 2. The summed E-state index contributed by atoms with van der Waals surface area (Å²) in [5, 5.41) is 11.6. The van der Waals surface area contributed by atoms with Crippen LogP contribution in [0.25, 0.3) is 0 Å². The minimum absolute atomic E-state index is 0.0613. The van der Waals surface area contributed by atoms with E-state index in [0.717, 1.165) is 13.0 Å². The van der Waals surface area contributed by atoms with E-state index in [1.165, 1.54) is 7.11 Å². The first-order chi connectivity index (χ1) is 9.55. The molecule has 1 rings (SSSR count). The molecular formula is C13H21F2N3O2. The van der Waals surface area contributed by atoms with Crippen LogP contribution in [0.1, 0.15) is 19.3 Å². The molecule has 0 amide bonds. The zero-order valence-corrected chi connectivity index (χ0v) is 11.6. The molecule has 0 bridgehead atoms. The molecule has 20 heavy (non-hydrogen) atoms. The van der Waals surface area contributed by atoms with Crippen molar-refractivity contribution >= 4 is 5.97 Å². The highest BCUT2D eigenvalue weighted by Gasteiger charge is 2.27. The van der Waals surface area contributed by atoms with Gasteiger partial charge in [0.05, 0.1) is 26.3 Å². The summed E-state index contributed by atoms with van der Waals surface area (Å²) in [6, 6.07) is 2.02. The normalized spacial score (nSPS) is 23.6. The fourth-order valence-electron chi connectivity index (χ4n) is 2.57. The number of halogens is 2. The summed E-state index contributed by atoms with van der Waals surface area (Å²) in [5.74, 6) is -0.0501. The quantitative estimate of drug-likeness (QED) is 0.560. The van der Waals surface area contributed by atoms with Crippen molar-refractivity contribution in [1.82, 2.24) is 10.2 Å². The van der Waals surface area contributed by atoms with Gasteiger partial charge in [0.1, 0.15) is 0 Å². The molecule has 1 aliphatic heterocycles. The highest BCUT2D eigenvalue weighted by Crippen LogP contribution is 2.21. The number of hydrogen-bond donors (Lipinski definition) is 1. The second-order valence-corrected chi connectivity index (χ2v) is 5.06. The van der Waals surface area contributed by atoms with Crippen LogP contribution in [0.15, 0.2) is 0 Å². The van der Waals surface area contributed by atoms with E-state index in [1.807, 2.05) is 4.90 Å². The summed E-state index contributed by atoms with van der Waals surface area (Å²) >= 11 is 0. The van der Waals surface area contributed by atoms with Crippen molar-refractivity contribution in [3.05, 3.63) is 0 Å². The summed E-state index contributed by atoms with van der Waals surface area (Å²) in [4.78, 5) is 13.1. The number of nitrogens with zero attached hydrogens (tertiary/aromatic N) is 2. The minimum atomic E-state index is -2.38. The Hall–Kier alpha value is -1.26. The number of hydrogen-bond acceptors (Lipinski definition) is 5. The number of ether oxygens (including phenoxy) is 1. The first kappa shape index (κ1) is 16.8. The molecule has 0 aliphatic carbocycles. The maximum absolute atomic E-state index is 12.2. The summed E-state index contributed by atoms with van der Waals surface area (Å²) in [5.41, 5.74) is 0. The second-order valence-electron chi connectivity index (χ2n) is 5.06. The molecule has 1 N–H and O–H groups in total. The molecule has 0 saturated carbocycles. The molecule has 7 heteroatoms. The van der Waals surface area contributed by atoms with E-state index in [0.29, 0.717) is 19.4 Å². The van der Waals surface area contributed by atoms with Gasteiger partial charge >= 0.3 is 5.97 Å². The van der Waals surface area contributed by atoms with Crippen LogP contribution in [0.4, 0.5) is 8.78 Å². The fourth-order valence-corrected chi connectivity index (χ4v) is 2.57. The molecule has 5 nitrogen and oxygen atoms in total. The Labute approximate surface area is 117 Å². The molecule has 2 atom stereocenters. The molecule has 0 aromatic carbocycles. The average Bonchev–Trinajstić information content (AvgIpc) is 2.42. The molecule has 1 fully saturated rings. The van der Waals surface area contributed by atoms with Crippen molar-refractivity contribution in [2.45, 2.75) is 31.7 Å². The lowest BCUT2D eigenvalue weighted by molar-refractivity contribution is -0.141. The lowest BCUT2D eigenvalue weighted by Gasteiger charge is -2.37. The number of rotatable bonds is 7. The Kier molecular flexibility index (Phi) is 7.41. The fraction of sp³-hybridized carbons (Fsp3) is 0.846. The number of carbonyl (C=O) groups is 1. The lowest BCUT2D eigenvalue weighted by atomic mass is 9.90. The van der Waals surface area contributed by atoms with Gasteiger partial charge in [-0.2, -0.15) is 5.26 Å². The van der Waals surface area contributed by atoms with Gasteiger partial charge in [-0.1, -0.05) is 0 Å². The molecule has 0 aromatic heterocycles. The van der Waals surface area contributed by atoms with Gasteiger partial charge in [0.25, 0.3) is 6.43 Å². The van der Waals surface area contributed by atoms with E-state index < -0.39 is 6.43 Å². The van der Waals surface area contributed by atoms with Crippen molar-refractivity contribution in [3.63, 3.8) is 0 Å². The van der Waals surface area contributed by atoms with E-state index in [-0.39, 0.29) is 31.0 Å². The van der Waals surface area contributed by atoms with Crippen LogP contribution in [0, 0.1) is 17.2 Å². The van der Waals surface area contributed by atoms with Crippen LogP contribution in [0.2, 0.25) is 0 Å². The predicted octanol–water partition coefficient (Wildman–Crippen LogP) is 1.01. The molecule has 1 heterocycles. The molecule has 1 aliphatic rings. The first-order valence-corrected chi connectivity index (χ1v) is 6.72. The number of methoxy groups -OCH3 is 1. The number of nitriles is 1. The zero-order valence-electron chi connectivity index (χ0n) is 11.6. The molecule has 0 aromatic rings. The van der Waals surface area contributed by atoms with Crippen molar-refractivity contribution < 1.29 is 18.3 Å². The van der Waals surface area contributed by atoms with Gasteiger partial charge < -0.3 is 10.1 Å². The van der Waals surface area contributed by atoms with Crippen molar-refractivity contribution in [2.75, 3.05) is 33.3 Å². The number of carbonyl (C=O) groups excluding carboxylic acids is 1. The molecule has 1 saturated heterocycles. The van der Waals surface area contributed by atoms with Crippen molar-refractivity contribution in [2.24, 2.45) is 5.92 Å². The Morgan fingerprint density at radius 2 is 2.30 bits per heavy atom. The third-order valence-corrected chi connectivity index (χ3v) is 3.45. The monoisotopic (exact) mass is 289 g/mol. The number of esters is 1. The van der Waals surface area contributed by atoms with Gasteiger partial charge in [-0.05, 0) is 18.8 Å². The van der Waals surface area contributed by atoms with Crippen LogP contribution in [0.3, 0.4) is 0 Å². The lowest BCUT2D eigenvalue weighted by Crippen LogP contribution is -2.50. The third kappa shape index (κ3) is 6.26. The Morgan fingerprint density at radius 3 is 2.90 bits per heavy atom. The largest absolute Gasteiger partial charge is 0.469 e. The first-order valence-electron chi connectivity index (χ1n) is 6.72.